The molecule has 0 saturated carbocycles. The van der Waals surface area contributed by atoms with E-state index in [0.717, 1.165) is 5.56 Å². The van der Waals surface area contributed by atoms with Crippen molar-refractivity contribution in [2.45, 2.75) is 6.92 Å². The monoisotopic (exact) mass is 223 g/mol. The number of hydrogen-bond acceptors (Lipinski definition) is 4. The molecule has 2 N–H and O–H groups in total. The summed E-state index contributed by atoms with van der Waals surface area (Å²) in [7, 11) is 1.44. The lowest BCUT2D eigenvalue weighted by Crippen LogP contribution is -2.25. The predicted molar refractivity (Wildman–Crippen MR) is 57.2 cm³/mol. The first-order valence-electron chi connectivity index (χ1n) is 4.72. The highest BCUT2D eigenvalue weighted by atomic mass is 16.5. The highest BCUT2D eigenvalue weighted by molar-refractivity contribution is 5.93. The van der Waals surface area contributed by atoms with Crippen molar-refractivity contribution in [2.75, 3.05) is 13.7 Å². The molecule has 0 aromatic heterocycles. The van der Waals surface area contributed by atoms with Gasteiger partial charge in [-0.05, 0) is 24.6 Å². The molecule has 5 heteroatoms. The molecule has 0 spiro atoms. The number of esters is 1. The molecule has 0 fully saturated rings. The summed E-state index contributed by atoms with van der Waals surface area (Å²) in [6, 6.07) is 4.59. The van der Waals surface area contributed by atoms with Crippen LogP contribution in [-0.2, 0) is 9.53 Å². The highest BCUT2D eigenvalue weighted by Crippen LogP contribution is 2.19. The zero-order chi connectivity index (χ0) is 12.1. The number of phenolic OH excluding ortho intramolecular Hbond substituents is 1. The predicted octanol–water partition coefficient (Wildman–Crippen LogP) is 0.603. The van der Waals surface area contributed by atoms with Gasteiger partial charge in [-0.3, -0.25) is 4.79 Å². The third-order valence-corrected chi connectivity index (χ3v) is 1.99. The van der Waals surface area contributed by atoms with Gasteiger partial charge in [0.1, 0.15) is 11.3 Å². The number of aryl methyl sites for hydroxylation is 1. The Bertz CT molecular complexity index is 414. The van der Waals surface area contributed by atoms with Crippen molar-refractivity contribution in [3.63, 3.8) is 0 Å². The number of benzene rings is 1. The van der Waals surface area contributed by atoms with Crippen LogP contribution in [0.5, 0.6) is 5.75 Å². The SMILES string of the molecule is CNC(=O)COC(=O)c1ccc(C)cc1O. The third-order valence-electron chi connectivity index (χ3n) is 1.99. The second-order valence-corrected chi connectivity index (χ2v) is 3.27. The van der Waals surface area contributed by atoms with Crippen molar-refractivity contribution in [1.29, 1.82) is 0 Å². The van der Waals surface area contributed by atoms with Crippen LogP contribution in [0.4, 0.5) is 0 Å². The first-order valence-corrected chi connectivity index (χ1v) is 4.72. The largest absolute Gasteiger partial charge is 0.507 e. The fourth-order valence-electron chi connectivity index (χ4n) is 1.10. The molecular weight excluding hydrogens is 210 g/mol. The van der Waals surface area contributed by atoms with Gasteiger partial charge < -0.3 is 15.2 Å². The second-order valence-electron chi connectivity index (χ2n) is 3.27. The fraction of sp³-hybridized carbons (Fsp3) is 0.273. The Balaban J connectivity index is 2.70. The number of phenols is 1. The van der Waals surface area contributed by atoms with Gasteiger partial charge in [-0.1, -0.05) is 6.07 Å². The van der Waals surface area contributed by atoms with E-state index in [0.29, 0.717) is 0 Å². The van der Waals surface area contributed by atoms with Gasteiger partial charge in [-0.15, -0.1) is 0 Å². The molecule has 1 aromatic carbocycles. The molecule has 0 aliphatic heterocycles. The average molecular weight is 223 g/mol. The van der Waals surface area contributed by atoms with Crippen LogP contribution in [0.3, 0.4) is 0 Å². The van der Waals surface area contributed by atoms with Crippen LogP contribution in [0.1, 0.15) is 15.9 Å². The van der Waals surface area contributed by atoms with Crippen LogP contribution in [-0.4, -0.2) is 30.6 Å². The number of hydrogen-bond donors (Lipinski definition) is 2. The molecule has 1 amide bonds. The highest BCUT2D eigenvalue weighted by Gasteiger charge is 2.13. The molecule has 0 heterocycles. The average Bonchev–Trinajstić information content (AvgIpc) is 2.25. The summed E-state index contributed by atoms with van der Waals surface area (Å²) in [6.45, 7) is 1.43. The van der Waals surface area contributed by atoms with Gasteiger partial charge in [0.25, 0.3) is 5.91 Å². The molecule has 0 radical (unpaired) electrons. The minimum atomic E-state index is -0.721. The number of ether oxygens (including phenoxy) is 1. The molecule has 86 valence electrons. The van der Waals surface area contributed by atoms with Crippen molar-refractivity contribution in [1.82, 2.24) is 5.32 Å². The van der Waals surface area contributed by atoms with Gasteiger partial charge in [-0.25, -0.2) is 4.79 Å². The Labute approximate surface area is 93.0 Å². The molecule has 0 atom stereocenters. The van der Waals surface area contributed by atoms with Crippen LogP contribution in [0.15, 0.2) is 18.2 Å². The molecule has 0 aliphatic carbocycles. The molecule has 0 aliphatic rings. The van der Waals surface area contributed by atoms with E-state index in [-0.39, 0.29) is 17.9 Å². The van der Waals surface area contributed by atoms with E-state index < -0.39 is 11.9 Å². The van der Waals surface area contributed by atoms with Gasteiger partial charge in [-0.2, -0.15) is 0 Å². The molecule has 1 rings (SSSR count). The van der Waals surface area contributed by atoms with Crippen LogP contribution in [0, 0.1) is 6.92 Å². The Hall–Kier alpha value is -2.04. The topological polar surface area (TPSA) is 75.6 Å². The van der Waals surface area contributed by atoms with E-state index in [2.05, 4.69) is 5.32 Å². The molecule has 0 unspecified atom stereocenters. The lowest BCUT2D eigenvalue weighted by Gasteiger charge is -2.05. The van der Waals surface area contributed by atoms with Crippen molar-refractivity contribution >= 4 is 11.9 Å². The Kier molecular flexibility index (Phi) is 3.88. The molecule has 0 bridgehead atoms. The maximum absolute atomic E-state index is 11.4. The minimum absolute atomic E-state index is 0.0505. The number of aromatic hydroxyl groups is 1. The van der Waals surface area contributed by atoms with Gasteiger partial charge in [0.15, 0.2) is 6.61 Å². The zero-order valence-electron chi connectivity index (χ0n) is 9.11. The number of nitrogens with one attached hydrogen (secondary N) is 1. The number of amides is 1. The lowest BCUT2D eigenvalue weighted by atomic mass is 10.1. The molecule has 5 nitrogen and oxygen atoms in total. The summed E-state index contributed by atoms with van der Waals surface area (Å²) >= 11 is 0. The van der Waals surface area contributed by atoms with E-state index in [9.17, 15) is 14.7 Å². The summed E-state index contributed by atoms with van der Waals surface area (Å²) in [6.07, 6.45) is 0. The fourth-order valence-corrected chi connectivity index (χ4v) is 1.10. The van der Waals surface area contributed by atoms with Crippen molar-refractivity contribution in [3.8, 4) is 5.75 Å². The van der Waals surface area contributed by atoms with E-state index in [1.807, 2.05) is 0 Å². The van der Waals surface area contributed by atoms with Gasteiger partial charge in [0, 0.05) is 7.05 Å². The quantitative estimate of drug-likeness (QED) is 0.736. The molecule has 16 heavy (non-hydrogen) atoms. The van der Waals surface area contributed by atoms with Crippen LogP contribution in [0.25, 0.3) is 0 Å². The van der Waals surface area contributed by atoms with Crippen molar-refractivity contribution < 1.29 is 19.4 Å². The smallest absolute Gasteiger partial charge is 0.342 e. The number of rotatable bonds is 3. The first kappa shape index (κ1) is 12.0. The van der Waals surface area contributed by atoms with E-state index in [4.69, 9.17) is 4.74 Å². The Morgan fingerprint density at radius 1 is 1.44 bits per heavy atom. The minimum Gasteiger partial charge on any atom is -0.507 e. The molecule has 0 saturated heterocycles. The molecule has 1 aromatic rings. The Morgan fingerprint density at radius 2 is 2.12 bits per heavy atom. The second kappa shape index (κ2) is 5.16. The van der Waals surface area contributed by atoms with Gasteiger partial charge in [0.2, 0.25) is 0 Å². The number of carbonyl (C=O) groups excluding carboxylic acids is 2. The van der Waals surface area contributed by atoms with E-state index in [1.54, 1.807) is 13.0 Å². The summed E-state index contributed by atoms with van der Waals surface area (Å²) in [5.74, 6) is -1.28. The standard InChI is InChI=1S/C11H13NO4/c1-7-3-4-8(9(13)5-7)11(15)16-6-10(14)12-2/h3-5,13H,6H2,1-2H3,(H,12,14). The van der Waals surface area contributed by atoms with Crippen molar-refractivity contribution in [3.05, 3.63) is 29.3 Å². The summed E-state index contributed by atoms with van der Waals surface area (Å²) in [5, 5.41) is 11.8. The summed E-state index contributed by atoms with van der Waals surface area (Å²) in [4.78, 5) is 22.3. The third kappa shape index (κ3) is 2.98. The lowest BCUT2D eigenvalue weighted by molar-refractivity contribution is -0.123. The normalized spacial score (nSPS) is 9.62. The van der Waals surface area contributed by atoms with Crippen LogP contribution in [0.2, 0.25) is 0 Å². The van der Waals surface area contributed by atoms with Crippen LogP contribution < -0.4 is 5.32 Å². The number of likely N-dealkylation sites (N-methyl/N-ethyl adjacent to an activating group) is 1. The van der Waals surface area contributed by atoms with Gasteiger partial charge >= 0.3 is 5.97 Å². The maximum Gasteiger partial charge on any atom is 0.342 e. The van der Waals surface area contributed by atoms with E-state index in [1.165, 1.54) is 19.2 Å². The number of carbonyl (C=O) groups is 2. The van der Waals surface area contributed by atoms with Gasteiger partial charge in [0.05, 0.1) is 0 Å². The summed E-state index contributed by atoms with van der Waals surface area (Å²) < 4.78 is 4.69. The first-order chi connectivity index (χ1) is 7.54. The maximum atomic E-state index is 11.4. The van der Waals surface area contributed by atoms with E-state index >= 15 is 0 Å². The Morgan fingerprint density at radius 3 is 2.69 bits per heavy atom. The van der Waals surface area contributed by atoms with Crippen LogP contribution >= 0.6 is 0 Å². The molecular formula is C11H13NO4. The van der Waals surface area contributed by atoms with Crippen molar-refractivity contribution in [2.24, 2.45) is 0 Å². The zero-order valence-corrected chi connectivity index (χ0v) is 9.11. The summed E-state index contributed by atoms with van der Waals surface area (Å²) in [5.41, 5.74) is 0.884.